The summed E-state index contributed by atoms with van der Waals surface area (Å²) in [6.07, 6.45) is 0. The van der Waals surface area contributed by atoms with Gasteiger partial charge in [0.05, 0.1) is 6.07 Å². The first-order chi connectivity index (χ1) is 5.43. The summed E-state index contributed by atoms with van der Waals surface area (Å²) >= 11 is 0. The molecular formula is C8H7BNO. The Morgan fingerprint density at radius 2 is 2.09 bits per heavy atom. The third-order valence-electron chi connectivity index (χ3n) is 1.17. The summed E-state index contributed by atoms with van der Waals surface area (Å²) < 4.78 is 4.88. The zero-order valence-electron chi connectivity index (χ0n) is 6.03. The van der Waals surface area contributed by atoms with Gasteiger partial charge < -0.3 is 4.65 Å². The van der Waals surface area contributed by atoms with Crippen molar-refractivity contribution in [1.29, 1.82) is 5.26 Å². The van der Waals surface area contributed by atoms with Gasteiger partial charge in [-0.1, -0.05) is 35.8 Å². The van der Waals surface area contributed by atoms with Crippen LogP contribution in [0.5, 0.6) is 0 Å². The molecule has 0 aliphatic rings. The van der Waals surface area contributed by atoms with E-state index in [1.165, 1.54) is 0 Å². The molecular weight excluding hydrogens is 137 g/mol. The molecule has 0 amide bonds. The summed E-state index contributed by atoms with van der Waals surface area (Å²) in [7, 11) is 1.57. The van der Waals surface area contributed by atoms with Gasteiger partial charge in [-0.05, 0) is 0 Å². The standard InChI is InChI=1S/C8H7BNO/c10-6-7-11-9-8-4-2-1-3-5-8/h1-5H,7H2. The molecule has 2 nitrogen and oxygen atoms in total. The van der Waals surface area contributed by atoms with Gasteiger partial charge in [-0.2, -0.15) is 5.26 Å². The highest BCUT2D eigenvalue weighted by molar-refractivity contribution is 6.46. The van der Waals surface area contributed by atoms with Gasteiger partial charge in [-0.15, -0.1) is 0 Å². The molecule has 0 saturated carbocycles. The highest BCUT2D eigenvalue weighted by atomic mass is 16.4. The molecule has 1 aromatic rings. The lowest BCUT2D eigenvalue weighted by Crippen LogP contribution is -2.16. The van der Waals surface area contributed by atoms with Crippen molar-refractivity contribution in [2.24, 2.45) is 0 Å². The van der Waals surface area contributed by atoms with Crippen LogP contribution < -0.4 is 5.46 Å². The second-order valence-corrected chi connectivity index (χ2v) is 2.00. The lowest BCUT2D eigenvalue weighted by atomic mass is 9.88. The average Bonchev–Trinajstić information content (AvgIpc) is 2.07. The van der Waals surface area contributed by atoms with Crippen molar-refractivity contribution in [3.05, 3.63) is 30.3 Å². The van der Waals surface area contributed by atoms with Crippen molar-refractivity contribution >= 4 is 12.9 Å². The van der Waals surface area contributed by atoms with Crippen molar-refractivity contribution < 1.29 is 4.65 Å². The third-order valence-corrected chi connectivity index (χ3v) is 1.17. The number of benzene rings is 1. The maximum absolute atomic E-state index is 8.15. The molecule has 1 radical (unpaired) electrons. The van der Waals surface area contributed by atoms with E-state index in [-0.39, 0.29) is 6.61 Å². The van der Waals surface area contributed by atoms with Crippen LogP contribution in [-0.2, 0) is 4.65 Å². The van der Waals surface area contributed by atoms with Crippen molar-refractivity contribution in [3.63, 3.8) is 0 Å². The van der Waals surface area contributed by atoms with Gasteiger partial charge in [0.15, 0.2) is 0 Å². The fourth-order valence-corrected chi connectivity index (χ4v) is 0.707. The van der Waals surface area contributed by atoms with E-state index < -0.39 is 0 Å². The molecule has 0 heterocycles. The number of hydrogen-bond acceptors (Lipinski definition) is 2. The predicted molar refractivity (Wildman–Crippen MR) is 43.4 cm³/mol. The molecule has 53 valence electrons. The van der Waals surface area contributed by atoms with Gasteiger partial charge in [-0.3, -0.25) is 0 Å². The smallest absolute Gasteiger partial charge is 0.331 e. The van der Waals surface area contributed by atoms with E-state index in [0.29, 0.717) is 0 Å². The molecule has 0 atom stereocenters. The van der Waals surface area contributed by atoms with Crippen LogP contribution in [0.4, 0.5) is 0 Å². The summed E-state index contributed by atoms with van der Waals surface area (Å²) in [5.74, 6) is 0. The lowest BCUT2D eigenvalue weighted by Gasteiger charge is -1.95. The Bertz CT molecular complexity index is 242. The zero-order valence-corrected chi connectivity index (χ0v) is 6.03. The first-order valence-corrected chi connectivity index (χ1v) is 3.30. The first-order valence-electron chi connectivity index (χ1n) is 3.30. The highest BCUT2D eigenvalue weighted by Gasteiger charge is 1.93. The minimum absolute atomic E-state index is 0.106. The molecule has 1 rings (SSSR count). The van der Waals surface area contributed by atoms with Gasteiger partial charge in [0.2, 0.25) is 0 Å². The summed E-state index contributed by atoms with van der Waals surface area (Å²) in [6.45, 7) is 0.106. The Hall–Kier alpha value is -1.27. The first kappa shape index (κ1) is 7.84. The highest BCUT2D eigenvalue weighted by Crippen LogP contribution is 1.81. The van der Waals surface area contributed by atoms with Crippen LogP contribution in [0.15, 0.2) is 30.3 Å². The van der Waals surface area contributed by atoms with Crippen LogP contribution in [0.1, 0.15) is 0 Å². The maximum atomic E-state index is 8.15. The Labute approximate surface area is 66.7 Å². The van der Waals surface area contributed by atoms with E-state index in [2.05, 4.69) is 0 Å². The molecule has 0 aromatic heterocycles. The summed E-state index contributed by atoms with van der Waals surface area (Å²) in [5.41, 5.74) is 0.975. The van der Waals surface area contributed by atoms with E-state index in [1.807, 2.05) is 36.4 Å². The number of hydrogen-bond donors (Lipinski definition) is 0. The second kappa shape index (κ2) is 4.53. The maximum Gasteiger partial charge on any atom is 0.331 e. The molecule has 0 aliphatic heterocycles. The third kappa shape index (κ3) is 2.88. The molecule has 3 heteroatoms. The molecule has 0 N–H and O–H groups in total. The van der Waals surface area contributed by atoms with Crippen LogP contribution >= 0.6 is 0 Å². The van der Waals surface area contributed by atoms with E-state index in [0.717, 1.165) is 5.46 Å². The lowest BCUT2D eigenvalue weighted by molar-refractivity contribution is 0.398. The van der Waals surface area contributed by atoms with Crippen LogP contribution in [0.3, 0.4) is 0 Å². The quantitative estimate of drug-likeness (QED) is 0.456. The minimum Gasteiger partial charge on any atom is -0.422 e. The summed E-state index contributed by atoms with van der Waals surface area (Å²) in [6, 6.07) is 11.5. The largest absolute Gasteiger partial charge is 0.422 e. The molecule has 0 fully saturated rings. The molecule has 0 spiro atoms. The number of nitriles is 1. The Morgan fingerprint density at radius 3 is 2.73 bits per heavy atom. The molecule has 0 aliphatic carbocycles. The molecule has 0 saturated heterocycles. The van der Waals surface area contributed by atoms with E-state index >= 15 is 0 Å². The Balaban J connectivity index is 2.35. The van der Waals surface area contributed by atoms with Gasteiger partial charge in [0.25, 0.3) is 0 Å². The van der Waals surface area contributed by atoms with Crippen molar-refractivity contribution in [3.8, 4) is 6.07 Å². The van der Waals surface area contributed by atoms with Crippen molar-refractivity contribution in [2.75, 3.05) is 6.61 Å². The van der Waals surface area contributed by atoms with Crippen molar-refractivity contribution in [1.82, 2.24) is 0 Å². The topological polar surface area (TPSA) is 33.0 Å². The molecule has 0 bridgehead atoms. The zero-order chi connectivity index (χ0) is 7.94. The van der Waals surface area contributed by atoms with E-state index in [4.69, 9.17) is 9.92 Å². The normalized spacial score (nSPS) is 8.64. The average molecular weight is 144 g/mol. The van der Waals surface area contributed by atoms with E-state index in [9.17, 15) is 0 Å². The van der Waals surface area contributed by atoms with Gasteiger partial charge >= 0.3 is 7.48 Å². The van der Waals surface area contributed by atoms with Crippen molar-refractivity contribution in [2.45, 2.75) is 0 Å². The predicted octanol–water partition coefficient (Wildman–Crippen LogP) is 0.471. The van der Waals surface area contributed by atoms with Gasteiger partial charge in [-0.25, -0.2) is 0 Å². The number of rotatable bonds is 3. The fraction of sp³-hybridized carbons (Fsp3) is 0.125. The molecule has 11 heavy (non-hydrogen) atoms. The molecule has 1 aromatic carbocycles. The van der Waals surface area contributed by atoms with Crippen LogP contribution in [0, 0.1) is 11.3 Å². The van der Waals surface area contributed by atoms with Crippen LogP contribution in [0.2, 0.25) is 0 Å². The summed E-state index contributed by atoms with van der Waals surface area (Å²) in [4.78, 5) is 0. The van der Waals surface area contributed by atoms with Gasteiger partial charge in [0.1, 0.15) is 6.61 Å². The molecule has 0 unspecified atom stereocenters. The van der Waals surface area contributed by atoms with Gasteiger partial charge in [0, 0.05) is 0 Å². The SMILES string of the molecule is N#CCO[B]c1ccccc1. The fourth-order valence-electron chi connectivity index (χ4n) is 0.707. The monoisotopic (exact) mass is 144 g/mol. The second-order valence-electron chi connectivity index (χ2n) is 2.00. The Morgan fingerprint density at radius 1 is 1.36 bits per heavy atom. The summed E-state index contributed by atoms with van der Waals surface area (Å²) in [5, 5.41) is 8.15. The van der Waals surface area contributed by atoms with Crippen LogP contribution in [-0.4, -0.2) is 14.1 Å². The number of nitrogens with zero attached hydrogens (tertiary/aromatic N) is 1. The minimum atomic E-state index is 0.106. The van der Waals surface area contributed by atoms with Crippen LogP contribution in [0.25, 0.3) is 0 Å². The Kier molecular flexibility index (Phi) is 3.23. The van der Waals surface area contributed by atoms with E-state index in [1.54, 1.807) is 7.48 Å².